The Bertz CT molecular complexity index is 964. The van der Waals surface area contributed by atoms with Crippen molar-refractivity contribution in [1.82, 2.24) is 4.90 Å². The molecule has 0 spiro atoms. The molecule has 1 amide bonds. The van der Waals surface area contributed by atoms with Gasteiger partial charge in [-0.25, -0.2) is 0 Å². The number of hydrogen-bond acceptors (Lipinski definition) is 6. The predicted octanol–water partition coefficient (Wildman–Crippen LogP) is 2.65. The molecule has 0 saturated carbocycles. The number of nitro groups is 1. The van der Waals surface area contributed by atoms with E-state index < -0.39 is 28.4 Å². The number of nitro benzene ring substituents is 1. The minimum atomic E-state index is -1.06. The van der Waals surface area contributed by atoms with Crippen LogP contribution in [0.3, 0.4) is 0 Å². The highest BCUT2D eigenvalue weighted by Gasteiger charge is 2.46. The van der Waals surface area contributed by atoms with E-state index in [1.54, 1.807) is 18.2 Å². The monoisotopic (exact) mass is 368 g/mol. The first-order chi connectivity index (χ1) is 12.9. The number of hydrogen-bond donors (Lipinski definition) is 1. The minimum absolute atomic E-state index is 0.152. The lowest BCUT2D eigenvalue weighted by Crippen LogP contribution is -2.25. The molecule has 2 aromatic rings. The number of likely N-dealkylation sites (tertiary alicyclic amines) is 1. The first kappa shape index (κ1) is 18.1. The zero-order valence-electron chi connectivity index (χ0n) is 14.6. The molecule has 0 unspecified atom stereocenters. The van der Waals surface area contributed by atoms with E-state index in [0.29, 0.717) is 11.3 Å². The van der Waals surface area contributed by atoms with Crippen molar-refractivity contribution in [2.45, 2.75) is 6.04 Å². The molecular weight excluding hydrogens is 352 g/mol. The first-order valence-electron chi connectivity index (χ1n) is 7.99. The molecule has 0 aliphatic carbocycles. The molecule has 0 aromatic heterocycles. The maximum atomic E-state index is 12.5. The molecule has 0 bridgehead atoms. The fourth-order valence-electron chi connectivity index (χ4n) is 3.10. The van der Waals surface area contributed by atoms with E-state index in [1.807, 2.05) is 0 Å². The molecule has 8 heteroatoms. The average molecular weight is 368 g/mol. The van der Waals surface area contributed by atoms with Crippen molar-refractivity contribution in [3.8, 4) is 5.75 Å². The van der Waals surface area contributed by atoms with Crippen LogP contribution >= 0.6 is 0 Å². The highest BCUT2D eigenvalue weighted by Crippen LogP contribution is 2.41. The van der Waals surface area contributed by atoms with Crippen LogP contribution in [0.25, 0.3) is 5.76 Å². The van der Waals surface area contributed by atoms with E-state index in [9.17, 15) is 24.8 Å². The fraction of sp³-hybridized carbons (Fsp3) is 0.158. The number of nitrogens with zero attached hydrogens (tertiary/aromatic N) is 2. The van der Waals surface area contributed by atoms with Gasteiger partial charge in [-0.15, -0.1) is 0 Å². The fourth-order valence-corrected chi connectivity index (χ4v) is 3.10. The molecule has 8 nitrogen and oxygen atoms in total. The smallest absolute Gasteiger partial charge is 0.295 e. The van der Waals surface area contributed by atoms with Crippen LogP contribution in [-0.4, -0.2) is 40.8 Å². The van der Waals surface area contributed by atoms with E-state index in [1.165, 1.54) is 44.5 Å². The summed E-state index contributed by atoms with van der Waals surface area (Å²) in [5.41, 5.74) is 0.0175. The summed E-state index contributed by atoms with van der Waals surface area (Å²) >= 11 is 0. The number of likely N-dealkylation sites (N-methyl/N-ethyl adjacent to an activating group) is 1. The Balaban J connectivity index is 2.20. The zero-order valence-corrected chi connectivity index (χ0v) is 14.6. The van der Waals surface area contributed by atoms with Crippen LogP contribution in [0.4, 0.5) is 5.69 Å². The van der Waals surface area contributed by atoms with E-state index in [0.717, 1.165) is 4.90 Å². The third-order valence-electron chi connectivity index (χ3n) is 4.47. The van der Waals surface area contributed by atoms with Gasteiger partial charge < -0.3 is 14.7 Å². The second kappa shape index (κ2) is 6.91. The Morgan fingerprint density at radius 2 is 1.78 bits per heavy atom. The summed E-state index contributed by atoms with van der Waals surface area (Å²) in [6, 6.07) is 11.0. The summed E-state index contributed by atoms with van der Waals surface area (Å²) in [4.78, 5) is 36.7. The maximum Gasteiger partial charge on any atom is 0.295 e. The van der Waals surface area contributed by atoms with E-state index in [-0.39, 0.29) is 16.8 Å². The molecule has 1 N–H and O–H groups in total. The Hall–Kier alpha value is -3.68. The summed E-state index contributed by atoms with van der Waals surface area (Å²) in [6.45, 7) is 0. The molecule has 1 fully saturated rings. The van der Waals surface area contributed by atoms with Crippen molar-refractivity contribution in [2.24, 2.45) is 0 Å². The Kier molecular flexibility index (Phi) is 4.64. The quantitative estimate of drug-likeness (QED) is 0.292. The molecule has 1 aliphatic rings. The molecule has 3 rings (SSSR count). The number of aliphatic hydroxyl groups excluding tert-OH is 1. The number of methoxy groups -OCH3 is 1. The number of amides is 1. The minimum Gasteiger partial charge on any atom is -0.507 e. The molecule has 1 heterocycles. The number of para-hydroxylation sites is 1. The highest BCUT2D eigenvalue weighted by atomic mass is 16.6. The Morgan fingerprint density at radius 3 is 2.37 bits per heavy atom. The van der Waals surface area contributed by atoms with Gasteiger partial charge >= 0.3 is 0 Å². The summed E-state index contributed by atoms with van der Waals surface area (Å²) < 4.78 is 5.06. The lowest BCUT2D eigenvalue weighted by molar-refractivity contribution is -0.385. The molecule has 27 heavy (non-hydrogen) atoms. The van der Waals surface area contributed by atoms with Crippen molar-refractivity contribution in [3.05, 3.63) is 75.3 Å². The summed E-state index contributed by atoms with van der Waals surface area (Å²) in [5.74, 6) is -1.58. The van der Waals surface area contributed by atoms with E-state index in [4.69, 9.17) is 4.74 Å². The first-order valence-corrected chi connectivity index (χ1v) is 7.99. The van der Waals surface area contributed by atoms with Crippen molar-refractivity contribution in [2.75, 3.05) is 14.2 Å². The molecule has 0 radical (unpaired) electrons. The van der Waals surface area contributed by atoms with Crippen LogP contribution < -0.4 is 4.74 Å². The topological polar surface area (TPSA) is 110 Å². The van der Waals surface area contributed by atoms with Crippen molar-refractivity contribution in [1.29, 1.82) is 0 Å². The highest BCUT2D eigenvalue weighted by molar-refractivity contribution is 6.46. The molecule has 1 atom stereocenters. The van der Waals surface area contributed by atoms with Gasteiger partial charge in [-0.05, 0) is 30.3 Å². The van der Waals surface area contributed by atoms with Gasteiger partial charge in [0.05, 0.1) is 29.2 Å². The van der Waals surface area contributed by atoms with Gasteiger partial charge in [0.1, 0.15) is 11.5 Å². The lowest BCUT2D eigenvalue weighted by Gasteiger charge is -2.20. The van der Waals surface area contributed by atoms with Gasteiger partial charge in [0.25, 0.3) is 17.4 Å². The Labute approximate surface area is 154 Å². The number of Topliss-reactive ketones (excluding diaryl/α,β-unsaturated/α-hetero) is 1. The van der Waals surface area contributed by atoms with Gasteiger partial charge in [0.15, 0.2) is 0 Å². The van der Waals surface area contributed by atoms with Crippen LogP contribution in [0.1, 0.15) is 17.2 Å². The van der Waals surface area contributed by atoms with Gasteiger partial charge in [-0.3, -0.25) is 19.7 Å². The van der Waals surface area contributed by atoms with Gasteiger partial charge in [0.2, 0.25) is 0 Å². The van der Waals surface area contributed by atoms with Gasteiger partial charge in [0, 0.05) is 18.7 Å². The number of ketones is 1. The summed E-state index contributed by atoms with van der Waals surface area (Å²) in [6.07, 6.45) is 0. The lowest BCUT2D eigenvalue weighted by atomic mass is 9.94. The standard InChI is InChI=1S/C19H16N2O6/c1-20-16(13-5-3-4-6-14(13)21(25)26)15(18(23)19(20)24)17(22)11-7-9-12(27-2)10-8-11/h3-10,16,22H,1-2H3/b17-15+/t16-/m1/s1. The van der Waals surface area contributed by atoms with Crippen molar-refractivity contribution < 1.29 is 24.4 Å². The van der Waals surface area contributed by atoms with Crippen molar-refractivity contribution in [3.63, 3.8) is 0 Å². The molecule has 1 saturated heterocycles. The summed E-state index contributed by atoms with van der Waals surface area (Å²) in [5, 5.41) is 22.1. The summed E-state index contributed by atoms with van der Waals surface area (Å²) in [7, 11) is 2.86. The normalized spacial score (nSPS) is 18.6. The van der Waals surface area contributed by atoms with Crippen LogP contribution in [0.2, 0.25) is 0 Å². The van der Waals surface area contributed by atoms with Crippen LogP contribution in [0.15, 0.2) is 54.1 Å². The Morgan fingerprint density at radius 1 is 1.15 bits per heavy atom. The number of carbonyl (C=O) groups is 2. The largest absolute Gasteiger partial charge is 0.507 e. The van der Waals surface area contributed by atoms with Gasteiger partial charge in [-0.2, -0.15) is 0 Å². The second-order valence-corrected chi connectivity index (χ2v) is 5.95. The molecule has 1 aliphatic heterocycles. The zero-order chi connectivity index (χ0) is 19.7. The average Bonchev–Trinajstić information content (AvgIpc) is 2.91. The second-order valence-electron chi connectivity index (χ2n) is 5.95. The van der Waals surface area contributed by atoms with Crippen LogP contribution in [-0.2, 0) is 9.59 Å². The third-order valence-corrected chi connectivity index (χ3v) is 4.47. The number of carbonyl (C=O) groups excluding carboxylic acids is 2. The van der Waals surface area contributed by atoms with Crippen molar-refractivity contribution >= 4 is 23.1 Å². The number of benzene rings is 2. The predicted molar refractivity (Wildman–Crippen MR) is 96.2 cm³/mol. The molecule has 138 valence electrons. The van der Waals surface area contributed by atoms with Crippen LogP contribution in [0.5, 0.6) is 5.75 Å². The molecular formula is C19H16N2O6. The van der Waals surface area contributed by atoms with Crippen LogP contribution in [0, 0.1) is 10.1 Å². The SMILES string of the molecule is COc1ccc(/C(O)=C2\C(=O)C(=O)N(C)[C@@H]2c2ccccc2[N+](=O)[O-])cc1. The van der Waals surface area contributed by atoms with Gasteiger partial charge in [-0.1, -0.05) is 12.1 Å². The maximum absolute atomic E-state index is 12.5. The number of ether oxygens (including phenoxy) is 1. The third kappa shape index (κ3) is 3.01. The molecule has 2 aromatic carbocycles. The number of rotatable bonds is 4. The van der Waals surface area contributed by atoms with E-state index >= 15 is 0 Å². The number of aliphatic hydroxyl groups is 1. The van der Waals surface area contributed by atoms with E-state index in [2.05, 4.69) is 0 Å².